The van der Waals surface area contributed by atoms with Crippen molar-refractivity contribution in [1.29, 1.82) is 0 Å². The topological polar surface area (TPSA) is 46.5 Å². The van der Waals surface area contributed by atoms with Crippen LogP contribution in [-0.2, 0) is 9.53 Å². The van der Waals surface area contributed by atoms with Crippen molar-refractivity contribution in [3.05, 3.63) is 11.6 Å². The number of hydrogen-bond acceptors (Lipinski definition) is 3. The molecule has 1 N–H and O–H groups in total. The Hall–Kier alpha value is -0.830. The summed E-state index contributed by atoms with van der Waals surface area (Å²) in [6.07, 6.45) is 13.4. The largest absolute Gasteiger partial charge is 0.469 e. The van der Waals surface area contributed by atoms with Crippen LogP contribution in [0.4, 0.5) is 0 Å². The number of ether oxygens (including phenoxy) is 1. The molecule has 0 aromatic carbocycles. The normalized spacial score (nSPS) is 51.1. The monoisotopic (exact) mass is 470 g/mol. The van der Waals surface area contributed by atoms with E-state index in [-0.39, 0.29) is 44.6 Å². The summed E-state index contributed by atoms with van der Waals surface area (Å²) in [7, 11) is 1.59. The Labute approximate surface area is 208 Å². The van der Waals surface area contributed by atoms with E-state index in [0.717, 1.165) is 51.4 Å². The number of fused-ring (bicyclic) bond motifs is 7. The van der Waals surface area contributed by atoms with Crippen molar-refractivity contribution in [2.45, 2.75) is 119 Å². The Kier molecular flexibility index (Phi) is 5.38. The number of methoxy groups -OCH3 is 1. The summed E-state index contributed by atoms with van der Waals surface area (Å²) in [5.74, 6) is 1.57. The molecular weight excluding hydrogens is 420 g/mol. The molecule has 2 unspecified atom stereocenters. The fourth-order valence-corrected chi connectivity index (χ4v) is 10.8. The van der Waals surface area contributed by atoms with E-state index in [1.807, 2.05) is 0 Å². The SMILES string of the molecule is COC(=O)[C@]12CCC(C)(C)C[C@H]1C1=CCC3[C@@]4(C)CC[C@H](O)C(C)(C)C4CC[C@@]3(C)[C@]1(C)CC2. The maximum Gasteiger partial charge on any atom is 0.312 e. The highest BCUT2D eigenvalue weighted by Crippen LogP contribution is 2.75. The smallest absolute Gasteiger partial charge is 0.312 e. The summed E-state index contributed by atoms with van der Waals surface area (Å²) in [4.78, 5) is 13.3. The molecule has 0 spiro atoms. The Morgan fingerprint density at radius 3 is 2.26 bits per heavy atom. The zero-order valence-electron chi connectivity index (χ0n) is 23.2. The van der Waals surface area contributed by atoms with Gasteiger partial charge in [0, 0.05) is 0 Å². The summed E-state index contributed by atoms with van der Waals surface area (Å²) in [6.45, 7) is 17.2. The second kappa shape index (κ2) is 7.36. The Morgan fingerprint density at radius 2 is 1.59 bits per heavy atom. The lowest BCUT2D eigenvalue weighted by Crippen LogP contribution is -2.65. The first-order valence-electron chi connectivity index (χ1n) is 14.2. The zero-order chi connectivity index (χ0) is 24.9. The van der Waals surface area contributed by atoms with Gasteiger partial charge in [-0.1, -0.05) is 60.1 Å². The molecule has 0 amide bonds. The molecule has 192 valence electrons. The number of allylic oxidation sites excluding steroid dienone is 2. The molecule has 5 rings (SSSR count). The van der Waals surface area contributed by atoms with Gasteiger partial charge in [0.05, 0.1) is 18.6 Å². The molecule has 34 heavy (non-hydrogen) atoms. The molecule has 3 nitrogen and oxygen atoms in total. The van der Waals surface area contributed by atoms with E-state index >= 15 is 0 Å². The van der Waals surface area contributed by atoms with Crippen LogP contribution in [0, 0.1) is 50.2 Å². The first kappa shape index (κ1) is 24.8. The predicted molar refractivity (Wildman–Crippen MR) is 137 cm³/mol. The van der Waals surface area contributed by atoms with Crippen molar-refractivity contribution in [2.24, 2.45) is 50.2 Å². The number of hydrogen-bond donors (Lipinski definition) is 1. The van der Waals surface area contributed by atoms with Crippen LogP contribution in [0.1, 0.15) is 113 Å². The highest BCUT2D eigenvalue weighted by atomic mass is 16.5. The molecule has 0 saturated heterocycles. The summed E-state index contributed by atoms with van der Waals surface area (Å²) < 4.78 is 5.49. The third-order valence-electron chi connectivity index (χ3n) is 13.2. The first-order valence-corrected chi connectivity index (χ1v) is 14.2. The average molecular weight is 471 g/mol. The molecule has 0 bridgehead atoms. The van der Waals surface area contributed by atoms with Crippen LogP contribution >= 0.6 is 0 Å². The van der Waals surface area contributed by atoms with Crippen LogP contribution in [-0.4, -0.2) is 24.3 Å². The van der Waals surface area contributed by atoms with Gasteiger partial charge >= 0.3 is 5.97 Å². The second-order valence-electron chi connectivity index (χ2n) is 15.2. The van der Waals surface area contributed by atoms with E-state index < -0.39 is 0 Å². The predicted octanol–water partition coefficient (Wildman–Crippen LogP) is 7.32. The number of rotatable bonds is 1. The Balaban J connectivity index is 1.60. The maximum atomic E-state index is 13.3. The van der Waals surface area contributed by atoms with Crippen molar-refractivity contribution < 1.29 is 14.6 Å². The van der Waals surface area contributed by atoms with E-state index in [1.54, 1.807) is 12.7 Å². The van der Waals surface area contributed by atoms with Gasteiger partial charge in [0.15, 0.2) is 0 Å². The number of aliphatic hydroxyl groups excluding tert-OH is 1. The van der Waals surface area contributed by atoms with Crippen molar-refractivity contribution >= 4 is 5.97 Å². The van der Waals surface area contributed by atoms with E-state index in [9.17, 15) is 9.90 Å². The van der Waals surface area contributed by atoms with Crippen molar-refractivity contribution in [1.82, 2.24) is 0 Å². The summed E-state index contributed by atoms with van der Waals surface area (Å²) in [5, 5.41) is 10.9. The third-order valence-corrected chi connectivity index (χ3v) is 13.2. The first-order chi connectivity index (χ1) is 15.7. The van der Waals surface area contributed by atoms with Gasteiger partial charge in [-0.25, -0.2) is 0 Å². The lowest BCUT2D eigenvalue weighted by atomic mass is 9.33. The molecule has 0 aromatic heterocycles. The van der Waals surface area contributed by atoms with Crippen LogP contribution in [0.3, 0.4) is 0 Å². The van der Waals surface area contributed by atoms with Gasteiger partial charge in [0.2, 0.25) is 0 Å². The van der Waals surface area contributed by atoms with Crippen LogP contribution in [0.5, 0.6) is 0 Å². The molecule has 0 heterocycles. The zero-order valence-corrected chi connectivity index (χ0v) is 23.2. The molecule has 0 aliphatic heterocycles. The highest BCUT2D eigenvalue weighted by molar-refractivity contribution is 5.78. The van der Waals surface area contributed by atoms with Crippen LogP contribution < -0.4 is 0 Å². The number of esters is 1. The summed E-state index contributed by atoms with van der Waals surface area (Å²) in [6, 6.07) is 0. The van der Waals surface area contributed by atoms with Crippen LogP contribution in [0.2, 0.25) is 0 Å². The molecular formula is C31H50O3. The average Bonchev–Trinajstić information content (AvgIpc) is 2.76. The molecule has 4 fully saturated rings. The molecule has 4 saturated carbocycles. The van der Waals surface area contributed by atoms with Gasteiger partial charge < -0.3 is 9.84 Å². The quantitative estimate of drug-likeness (QED) is 0.322. The minimum Gasteiger partial charge on any atom is -0.469 e. The van der Waals surface area contributed by atoms with Crippen LogP contribution in [0.25, 0.3) is 0 Å². The number of aliphatic hydroxyl groups is 1. The summed E-state index contributed by atoms with van der Waals surface area (Å²) in [5.41, 5.74) is 2.18. The fourth-order valence-electron chi connectivity index (χ4n) is 10.8. The van der Waals surface area contributed by atoms with E-state index in [2.05, 4.69) is 54.5 Å². The lowest BCUT2D eigenvalue weighted by Gasteiger charge is -2.71. The maximum absolute atomic E-state index is 13.3. The second-order valence-corrected chi connectivity index (χ2v) is 15.2. The molecule has 0 aromatic rings. The van der Waals surface area contributed by atoms with E-state index in [0.29, 0.717) is 17.8 Å². The van der Waals surface area contributed by atoms with Gasteiger partial charge in [-0.2, -0.15) is 0 Å². The minimum atomic E-state index is -0.323. The Bertz CT molecular complexity index is 900. The minimum absolute atomic E-state index is 0.0147. The molecule has 5 aliphatic carbocycles. The van der Waals surface area contributed by atoms with Gasteiger partial charge in [-0.15, -0.1) is 0 Å². The number of carbonyl (C=O) groups excluding carboxylic acids is 1. The highest BCUT2D eigenvalue weighted by Gasteiger charge is 2.69. The van der Waals surface area contributed by atoms with Gasteiger partial charge in [-0.05, 0) is 109 Å². The third kappa shape index (κ3) is 2.94. The van der Waals surface area contributed by atoms with Crippen molar-refractivity contribution in [3.8, 4) is 0 Å². The lowest BCUT2D eigenvalue weighted by molar-refractivity contribution is -0.206. The van der Waals surface area contributed by atoms with Crippen molar-refractivity contribution in [3.63, 3.8) is 0 Å². The molecule has 0 radical (unpaired) electrons. The van der Waals surface area contributed by atoms with Gasteiger partial charge in [0.25, 0.3) is 0 Å². The van der Waals surface area contributed by atoms with Gasteiger partial charge in [-0.3, -0.25) is 4.79 Å². The fraction of sp³-hybridized carbons (Fsp3) is 0.903. The van der Waals surface area contributed by atoms with Crippen molar-refractivity contribution in [2.75, 3.05) is 7.11 Å². The number of carbonyl (C=O) groups is 1. The molecule has 3 heteroatoms. The van der Waals surface area contributed by atoms with E-state index in [4.69, 9.17) is 4.74 Å². The molecule has 5 aliphatic rings. The molecule has 8 atom stereocenters. The van der Waals surface area contributed by atoms with E-state index in [1.165, 1.54) is 12.8 Å². The van der Waals surface area contributed by atoms with Crippen LogP contribution in [0.15, 0.2) is 11.6 Å². The summed E-state index contributed by atoms with van der Waals surface area (Å²) >= 11 is 0. The Morgan fingerprint density at radius 1 is 0.912 bits per heavy atom. The standard InChI is InChI=1S/C31H50O3/c1-26(2)15-17-31(25(33)34-8)18-16-29(6)20(21(31)19-26)9-10-23-28(5)13-12-24(32)27(3,4)22(28)11-14-30(23,29)7/h9,21-24,32H,10-19H2,1-8H3/t21-,22?,23?,24-,28-,29+,30+,31-/m0/s1. The van der Waals surface area contributed by atoms with Gasteiger partial charge in [0.1, 0.15) is 0 Å².